The molecule has 7 heteroatoms. The van der Waals surface area contributed by atoms with Gasteiger partial charge in [0, 0.05) is 6.07 Å². The number of nitrogens with one attached hydrogen (secondary N) is 1. The van der Waals surface area contributed by atoms with Crippen molar-refractivity contribution in [2.45, 2.75) is 6.92 Å². The molecule has 1 aromatic heterocycles. The highest BCUT2D eigenvalue weighted by Crippen LogP contribution is 2.35. The molecule has 0 saturated heterocycles. The van der Waals surface area contributed by atoms with Crippen LogP contribution in [0, 0.1) is 6.92 Å². The molecule has 0 aliphatic carbocycles. The van der Waals surface area contributed by atoms with Crippen LogP contribution in [0.4, 0.5) is 17.5 Å². The summed E-state index contributed by atoms with van der Waals surface area (Å²) in [7, 11) is 1.50. The summed E-state index contributed by atoms with van der Waals surface area (Å²) in [5.74, 6) is 0.912. The molecule has 0 fully saturated rings. The second-order valence-corrected chi connectivity index (χ2v) is 4.62. The van der Waals surface area contributed by atoms with Gasteiger partial charge in [-0.15, -0.1) is 0 Å². The van der Waals surface area contributed by atoms with Gasteiger partial charge in [-0.25, -0.2) is 0 Å². The van der Waals surface area contributed by atoms with Gasteiger partial charge in [-0.05, 0) is 18.6 Å². The summed E-state index contributed by atoms with van der Waals surface area (Å²) in [4.78, 5) is 7.94. The van der Waals surface area contributed by atoms with E-state index in [1.807, 2.05) is 13.0 Å². The molecule has 0 bridgehead atoms. The second kappa shape index (κ2) is 5.50. The number of aryl methyl sites for hydroxylation is 1. The van der Waals surface area contributed by atoms with Gasteiger partial charge < -0.3 is 15.8 Å². The number of nitrogen functional groups attached to an aromatic ring is 1. The van der Waals surface area contributed by atoms with Crippen molar-refractivity contribution in [2.24, 2.45) is 0 Å². The first kappa shape index (κ1) is 13.7. The lowest BCUT2D eigenvalue weighted by Gasteiger charge is -2.12. The van der Waals surface area contributed by atoms with Crippen LogP contribution in [0.25, 0.3) is 0 Å². The molecular weight excluding hydrogens is 287 g/mol. The van der Waals surface area contributed by atoms with Gasteiger partial charge in [0.1, 0.15) is 5.82 Å². The number of nitrogens with two attached hydrogens (primary N) is 1. The van der Waals surface area contributed by atoms with Gasteiger partial charge in [0.25, 0.3) is 0 Å². The Morgan fingerprint density at radius 3 is 2.68 bits per heavy atom. The smallest absolute Gasteiger partial charge is 0.225 e. The number of aromatic nitrogens is 2. The van der Waals surface area contributed by atoms with Gasteiger partial charge >= 0.3 is 0 Å². The molecular formula is C12H12Cl2N4O. The molecule has 0 amide bonds. The molecule has 2 aromatic rings. The predicted molar refractivity (Wildman–Crippen MR) is 77.5 cm³/mol. The standard InChI is InChI=1S/C12H12Cl2N4O/c1-6-3-4-7(13)11(10(6)14)16-8-5-9(19-2)18-12(15)17-8/h3-5H,1-2H3,(H3,15,16,17,18). The quantitative estimate of drug-likeness (QED) is 0.908. The fourth-order valence-electron chi connectivity index (χ4n) is 1.51. The van der Waals surface area contributed by atoms with Crippen molar-refractivity contribution in [3.05, 3.63) is 33.8 Å². The topological polar surface area (TPSA) is 73.1 Å². The fourth-order valence-corrected chi connectivity index (χ4v) is 1.98. The van der Waals surface area contributed by atoms with Crippen LogP contribution >= 0.6 is 23.2 Å². The Morgan fingerprint density at radius 2 is 2.00 bits per heavy atom. The summed E-state index contributed by atoms with van der Waals surface area (Å²) < 4.78 is 5.02. The lowest BCUT2D eigenvalue weighted by molar-refractivity contribution is 0.398. The Bertz CT molecular complexity index is 619. The van der Waals surface area contributed by atoms with E-state index in [1.54, 1.807) is 12.1 Å². The molecule has 0 radical (unpaired) electrons. The molecule has 2 rings (SSSR count). The van der Waals surface area contributed by atoms with Crippen molar-refractivity contribution in [3.8, 4) is 5.88 Å². The summed E-state index contributed by atoms with van der Waals surface area (Å²) in [5, 5.41) is 4.05. The lowest BCUT2D eigenvalue weighted by atomic mass is 10.2. The molecule has 0 unspecified atom stereocenters. The summed E-state index contributed by atoms with van der Waals surface area (Å²) >= 11 is 12.3. The number of nitrogens with zero attached hydrogens (tertiary/aromatic N) is 2. The summed E-state index contributed by atoms with van der Waals surface area (Å²) in [6.07, 6.45) is 0. The van der Waals surface area contributed by atoms with Crippen LogP contribution in [0.3, 0.4) is 0 Å². The first-order valence-electron chi connectivity index (χ1n) is 5.41. The first-order chi connectivity index (χ1) is 9.01. The van der Waals surface area contributed by atoms with Gasteiger partial charge in [0.2, 0.25) is 11.8 Å². The number of rotatable bonds is 3. The third-order valence-electron chi connectivity index (χ3n) is 2.47. The Balaban J connectivity index is 2.41. The van der Waals surface area contributed by atoms with E-state index in [9.17, 15) is 0 Å². The van der Waals surface area contributed by atoms with Gasteiger partial charge in [0.15, 0.2) is 0 Å². The molecule has 1 aromatic carbocycles. The third-order valence-corrected chi connectivity index (χ3v) is 3.27. The molecule has 3 N–H and O–H groups in total. The molecule has 100 valence electrons. The molecule has 0 aliphatic heterocycles. The van der Waals surface area contributed by atoms with Crippen molar-refractivity contribution in [1.29, 1.82) is 0 Å². The predicted octanol–water partition coefficient (Wildman–Crippen LogP) is 3.43. The minimum Gasteiger partial charge on any atom is -0.481 e. The van der Waals surface area contributed by atoms with E-state index < -0.39 is 0 Å². The minimum atomic E-state index is 0.0988. The second-order valence-electron chi connectivity index (χ2n) is 3.83. The normalized spacial score (nSPS) is 10.3. The zero-order chi connectivity index (χ0) is 14.0. The molecule has 0 saturated carbocycles. The number of methoxy groups -OCH3 is 1. The van der Waals surface area contributed by atoms with Gasteiger partial charge in [-0.3, -0.25) is 0 Å². The summed E-state index contributed by atoms with van der Waals surface area (Å²) in [6.45, 7) is 1.89. The van der Waals surface area contributed by atoms with Gasteiger partial charge in [-0.2, -0.15) is 9.97 Å². The molecule has 5 nitrogen and oxygen atoms in total. The van der Waals surface area contributed by atoms with Crippen molar-refractivity contribution < 1.29 is 4.74 Å². The van der Waals surface area contributed by atoms with Crippen LogP contribution in [0.15, 0.2) is 18.2 Å². The maximum Gasteiger partial charge on any atom is 0.225 e. The maximum absolute atomic E-state index is 6.21. The van der Waals surface area contributed by atoms with Crippen molar-refractivity contribution in [1.82, 2.24) is 9.97 Å². The van der Waals surface area contributed by atoms with Crippen molar-refractivity contribution >= 4 is 40.7 Å². The van der Waals surface area contributed by atoms with Gasteiger partial charge in [0.05, 0.1) is 22.8 Å². The fraction of sp³-hybridized carbons (Fsp3) is 0.167. The molecule has 19 heavy (non-hydrogen) atoms. The van der Waals surface area contributed by atoms with Gasteiger partial charge in [-0.1, -0.05) is 29.3 Å². The Hall–Kier alpha value is -1.72. The monoisotopic (exact) mass is 298 g/mol. The highest BCUT2D eigenvalue weighted by atomic mass is 35.5. The Morgan fingerprint density at radius 1 is 1.26 bits per heavy atom. The third kappa shape index (κ3) is 3.00. The SMILES string of the molecule is COc1cc(Nc2c(Cl)ccc(C)c2Cl)nc(N)n1. The van der Waals surface area contributed by atoms with Crippen LogP contribution in [-0.4, -0.2) is 17.1 Å². The van der Waals surface area contributed by atoms with Crippen LogP contribution in [0.1, 0.15) is 5.56 Å². The molecule has 1 heterocycles. The summed E-state index contributed by atoms with van der Waals surface area (Å²) in [6, 6.07) is 5.20. The van der Waals surface area contributed by atoms with Crippen LogP contribution in [0.2, 0.25) is 10.0 Å². The number of halogens is 2. The molecule has 0 aliphatic rings. The minimum absolute atomic E-state index is 0.0988. The van der Waals surface area contributed by atoms with Crippen LogP contribution in [0.5, 0.6) is 5.88 Å². The first-order valence-corrected chi connectivity index (χ1v) is 6.17. The maximum atomic E-state index is 6.21. The van der Waals surface area contributed by atoms with E-state index in [-0.39, 0.29) is 5.95 Å². The zero-order valence-electron chi connectivity index (χ0n) is 10.4. The Labute approximate surface area is 120 Å². The van der Waals surface area contributed by atoms with Crippen molar-refractivity contribution in [2.75, 3.05) is 18.2 Å². The van der Waals surface area contributed by atoms with Crippen LogP contribution < -0.4 is 15.8 Å². The summed E-state index contributed by atoms with van der Waals surface area (Å²) in [5.41, 5.74) is 7.06. The molecule has 0 spiro atoms. The average Bonchev–Trinajstić information content (AvgIpc) is 2.38. The van der Waals surface area contributed by atoms with Crippen molar-refractivity contribution in [3.63, 3.8) is 0 Å². The number of ether oxygens (including phenoxy) is 1. The highest BCUT2D eigenvalue weighted by molar-refractivity contribution is 6.39. The van der Waals surface area contributed by atoms with E-state index in [2.05, 4.69) is 15.3 Å². The number of hydrogen-bond acceptors (Lipinski definition) is 5. The Kier molecular flexibility index (Phi) is 3.97. The average molecular weight is 299 g/mol. The number of benzene rings is 1. The molecule has 0 atom stereocenters. The van der Waals surface area contributed by atoms with Crippen LogP contribution in [-0.2, 0) is 0 Å². The zero-order valence-corrected chi connectivity index (χ0v) is 11.9. The van der Waals surface area contributed by atoms with E-state index in [4.69, 9.17) is 33.7 Å². The largest absolute Gasteiger partial charge is 0.481 e. The number of anilines is 3. The number of hydrogen-bond donors (Lipinski definition) is 2. The van der Waals surface area contributed by atoms with E-state index >= 15 is 0 Å². The lowest BCUT2D eigenvalue weighted by Crippen LogP contribution is -2.02. The highest BCUT2D eigenvalue weighted by Gasteiger charge is 2.10. The van der Waals surface area contributed by atoms with E-state index in [0.717, 1.165) is 5.56 Å². The van der Waals surface area contributed by atoms with E-state index in [1.165, 1.54) is 7.11 Å². The van der Waals surface area contributed by atoms with E-state index in [0.29, 0.717) is 27.4 Å².